The van der Waals surface area contributed by atoms with Crippen molar-refractivity contribution in [2.75, 3.05) is 0 Å². The topological polar surface area (TPSA) is 62.8 Å². The zero-order valence-corrected chi connectivity index (χ0v) is 13.9. The number of nitrogens with one attached hydrogen (secondary N) is 1. The van der Waals surface area contributed by atoms with Crippen molar-refractivity contribution in [3.63, 3.8) is 0 Å². The summed E-state index contributed by atoms with van der Waals surface area (Å²) in [6, 6.07) is 10.4. The number of nitrogens with zero attached hydrogens (tertiary/aromatic N) is 1. The molecule has 0 aliphatic carbocycles. The van der Waals surface area contributed by atoms with E-state index in [4.69, 9.17) is 0 Å². The van der Waals surface area contributed by atoms with Gasteiger partial charge in [0.2, 0.25) is 9.84 Å². The maximum atomic E-state index is 13.0. The van der Waals surface area contributed by atoms with Crippen molar-refractivity contribution >= 4 is 36.7 Å². The third-order valence-electron chi connectivity index (χ3n) is 3.42. The number of hydrogen-bond donors (Lipinski definition) is 1. The van der Waals surface area contributed by atoms with Crippen LogP contribution in [0, 0.1) is 13.8 Å². The molecule has 0 saturated heterocycles. The highest BCUT2D eigenvalue weighted by atomic mass is 79.9. The van der Waals surface area contributed by atoms with Crippen LogP contribution in [0.4, 0.5) is 0 Å². The molecule has 4 nitrogen and oxygen atoms in total. The molecule has 3 rings (SSSR count). The molecule has 0 atom stereocenters. The van der Waals surface area contributed by atoms with Crippen LogP contribution >= 0.6 is 15.9 Å². The lowest BCUT2D eigenvalue weighted by molar-refractivity contribution is 0.596. The number of aryl methyl sites for hydroxylation is 2. The van der Waals surface area contributed by atoms with E-state index in [9.17, 15) is 8.42 Å². The van der Waals surface area contributed by atoms with Gasteiger partial charge in [-0.25, -0.2) is 8.42 Å². The second-order valence-corrected chi connectivity index (χ2v) is 7.67. The van der Waals surface area contributed by atoms with Gasteiger partial charge in [0.1, 0.15) is 0 Å². The molecule has 0 radical (unpaired) electrons. The van der Waals surface area contributed by atoms with Crippen LogP contribution in [0.5, 0.6) is 0 Å². The Labute approximate surface area is 131 Å². The fraction of sp³-hybridized carbons (Fsp3) is 0.133. The van der Waals surface area contributed by atoms with E-state index in [-0.39, 0.29) is 9.79 Å². The average molecular weight is 365 g/mol. The van der Waals surface area contributed by atoms with Crippen LogP contribution < -0.4 is 0 Å². The van der Waals surface area contributed by atoms with E-state index in [1.54, 1.807) is 37.3 Å². The Morgan fingerprint density at radius 2 is 1.71 bits per heavy atom. The summed E-state index contributed by atoms with van der Waals surface area (Å²) in [4.78, 5) is 0.539. The summed E-state index contributed by atoms with van der Waals surface area (Å²) in [7, 11) is -3.61. The highest BCUT2D eigenvalue weighted by Gasteiger charge is 2.25. The molecule has 0 saturated carbocycles. The molecule has 1 heterocycles. The van der Waals surface area contributed by atoms with Crippen LogP contribution in [0.1, 0.15) is 11.3 Å². The molecular weight excluding hydrogens is 352 g/mol. The smallest absolute Gasteiger partial charge is 0.208 e. The maximum Gasteiger partial charge on any atom is 0.208 e. The van der Waals surface area contributed by atoms with E-state index in [1.165, 1.54) is 0 Å². The lowest BCUT2D eigenvalue weighted by Gasteiger charge is -2.09. The van der Waals surface area contributed by atoms with Gasteiger partial charge < -0.3 is 0 Å². The summed E-state index contributed by atoms with van der Waals surface area (Å²) in [6.45, 7) is 3.71. The number of halogens is 1. The van der Waals surface area contributed by atoms with E-state index < -0.39 is 9.84 Å². The zero-order valence-electron chi connectivity index (χ0n) is 11.5. The van der Waals surface area contributed by atoms with Crippen molar-refractivity contribution in [3.05, 3.63) is 52.1 Å². The third kappa shape index (κ3) is 2.28. The van der Waals surface area contributed by atoms with Crippen LogP contribution in [0.15, 0.2) is 50.7 Å². The minimum absolute atomic E-state index is 0.259. The van der Waals surface area contributed by atoms with E-state index in [2.05, 4.69) is 26.1 Å². The van der Waals surface area contributed by atoms with Crippen molar-refractivity contribution in [1.29, 1.82) is 0 Å². The Bertz CT molecular complexity index is 928. The van der Waals surface area contributed by atoms with E-state index in [0.717, 1.165) is 5.56 Å². The van der Waals surface area contributed by atoms with Crippen LogP contribution in [-0.4, -0.2) is 18.6 Å². The number of aromatic amines is 1. The van der Waals surface area contributed by atoms with Gasteiger partial charge in [-0.15, -0.1) is 0 Å². The summed E-state index contributed by atoms with van der Waals surface area (Å²) in [5.74, 6) is 0. The van der Waals surface area contributed by atoms with Crippen molar-refractivity contribution in [1.82, 2.24) is 10.2 Å². The highest BCUT2D eigenvalue weighted by molar-refractivity contribution is 9.10. The molecular formula is C15H13BrN2O2S. The molecule has 21 heavy (non-hydrogen) atoms. The highest BCUT2D eigenvalue weighted by Crippen LogP contribution is 2.35. The van der Waals surface area contributed by atoms with Crippen LogP contribution in [0.3, 0.4) is 0 Å². The third-order valence-corrected chi connectivity index (χ3v) is 6.19. The Kier molecular flexibility index (Phi) is 3.37. The number of fused-ring (bicyclic) bond motifs is 1. The minimum Gasteiger partial charge on any atom is -0.278 e. The Morgan fingerprint density at radius 3 is 2.38 bits per heavy atom. The van der Waals surface area contributed by atoms with Crippen LogP contribution in [0.25, 0.3) is 10.9 Å². The molecule has 3 aromatic rings. The molecule has 1 N–H and O–H groups in total. The molecule has 0 aliphatic rings. The lowest BCUT2D eigenvalue weighted by Crippen LogP contribution is -2.04. The summed E-state index contributed by atoms with van der Waals surface area (Å²) in [5, 5.41) is 7.59. The first-order valence-electron chi connectivity index (χ1n) is 6.36. The van der Waals surface area contributed by atoms with Gasteiger partial charge in [0.05, 0.1) is 21.0 Å². The van der Waals surface area contributed by atoms with Gasteiger partial charge in [-0.3, -0.25) is 5.10 Å². The number of hydrogen-bond acceptors (Lipinski definition) is 3. The Hall–Kier alpha value is -1.66. The Balaban J connectivity index is 2.35. The molecule has 0 bridgehead atoms. The standard InChI is InChI=1S/C15H13BrN2O2S/c1-9-3-5-11(6-4-9)21(19,20)15-12(16)7-8-13-14(15)10(2)17-18-13/h3-8H,1-2H3,(H,17,18). The summed E-state index contributed by atoms with van der Waals surface area (Å²) in [6.07, 6.45) is 0. The van der Waals surface area contributed by atoms with E-state index >= 15 is 0 Å². The lowest BCUT2D eigenvalue weighted by atomic mass is 10.2. The van der Waals surface area contributed by atoms with Crippen LogP contribution in [-0.2, 0) is 9.84 Å². The fourth-order valence-electron chi connectivity index (χ4n) is 2.31. The molecule has 6 heteroatoms. The second kappa shape index (κ2) is 4.96. The Morgan fingerprint density at radius 1 is 1.05 bits per heavy atom. The van der Waals surface area contributed by atoms with Gasteiger partial charge >= 0.3 is 0 Å². The van der Waals surface area contributed by atoms with Gasteiger partial charge in [-0.1, -0.05) is 17.7 Å². The number of H-pyrrole nitrogens is 1. The van der Waals surface area contributed by atoms with Crippen molar-refractivity contribution in [2.24, 2.45) is 0 Å². The maximum absolute atomic E-state index is 13.0. The largest absolute Gasteiger partial charge is 0.278 e. The average Bonchev–Trinajstić information content (AvgIpc) is 2.80. The molecule has 0 fully saturated rings. The van der Waals surface area contributed by atoms with Crippen molar-refractivity contribution < 1.29 is 8.42 Å². The number of rotatable bonds is 2. The number of aromatic nitrogens is 2. The first-order chi connectivity index (χ1) is 9.91. The molecule has 0 aliphatic heterocycles. The second-order valence-electron chi connectivity index (χ2n) is 4.92. The van der Waals surface area contributed by atoms with Gasteiger partial charge in [-0.2, -0.15) is 5.10 Å². The van der Waals surface area contributed by atoms with E-state index in [1.807, 2.05) is 13.0 Å². The molecule has 2 aromatic carbocycles. The number of sulfone groups is 1. The van der Waals surface area contributed by atoms with Crippen molar-refractivity contribution in [3.8, 4) is 0 Å². The summed E-state index contributed by atoms with van der Waals surface area (Å²) >= 11 is 3.36. The van der Waals surface area contributed by atoms with Crippen molar-refractivity contribution in [2.45, 2.75) is 23.6 Å². The summed E-state index contributed by atoms with van der Waals surface area (Å²) < 4.78 is 26.5. The molecule has 0 unspecified atom stereocenters. The molecule has 1 aromatic heterocycles. The summed E-state index contributed by atoms with van der Waals surface area (Å²) in [5.41, 5.74) is 2.39. The zero-order chi connectivity index (χ0) is 15.2. The van der Waals surface area contributed by atoms with Gasteiger partial charge in [0.15, 0.2) is 0 Å². The van der Waals surface area contributed by atoms with E-state index in [0.29, 0.717) is 21.1 Å². The normalized spacial score (nSPS) is 12.0. The first kappa shape index (κ1) is 14.3. The predicted octanol–water partition coefficient (Wildman–Crippen LogP) is 3.78. The SMILES string of the molecule is Cc1ccc(S(=O)(=O)c2c(Br)ccc3[nH]nc(C)c23)cc1. The quantitative estimate of drug-likeness (QED) is 0.752. The molecule has 0 amide bonds. The van der Waals surface area contributed by atoms with Crippen LogP contribution in [0.2, 0.25) is 0 Å². The van der Waals surface area contributed by atoms with Gasteiger partial charge in [0, 0.05) is 9.86 Å². The molecule has 0 spiro atoms. The minimum atomic E-state index is -3.61. The van der Waals surface area contributed by atoms with Gasteiger partial charge in [0.25, 0.3) is 0 Å². The monoisotopic (exact) mass is 364 g/mol. The predicted molar refractivity (Wildman–Crippen MR) is 85.2 cm³/mol. The molecule has 108 valence electrons. The first-order valence-corrected chi connectivity index (χ1v) is 8.64. The number of benzene rings is 2. The fourth-order valence-corrected chi connectivity index (χ4v) is 4.86. The van der Waals surface area contributed by atoms with Gasteiger partial charge in [-0.05, 0) is 54.0 Å².